The minimum absolute atomic E-state index is 0. The molecule has 2 aliphatic carbocycles. The zero-order valence-corrected chi connectivity index (χ0v) is 16.8. The normalized spacial score (nSPS) is 14.6. The summed E-state index contributed by atoms with van der Waals surface area (Å²) >= 11 is 0. The minimum Gasteiger partial charge on any atom is -0.184 e. The molecule has 1 heteroatoms. The molecule has 0 radical (unpaired) electrons. The van der Waals surface area contributed by atoms with Crippen LogP contribution in [-0.2, 0) is 26.2 Å². The molecule has 4 rings (SSSR count). The van der Waals surface area contributed by atoms with Crippen molar-refractivity contribution in [1.29, 1.82) is 0 Å². The fraction of sp³-hybridized carbons (Fsp3) is 0.455. The van der Waals surface area contributed by atoms with E-state index in [2.05, 4.69) is 12.1 Å². The monoisotopic (exact) mass is 384 g/mol. The van der Waals surface area contributed by atoms with Gasteiger partial charge in [-0.25, -0.2) is 0 Å². The molecule has 2 aromatic carbocycles. The summed E-state index contributed by atoms with van der Waals surface area (Å²) in [5.41, 5.74) is 0. The maximum Gasteiger partial charge on any atom is 4.00 e. The molecule has 0 aliphatic heterocycles. The van der Waals surface area contributed by atoms with Gasteiger partial charge in [-0.1, -0.05) is 64.2 Å². The molecule has 0 spiro atoms. The summed E-state index contributed by atoms with van der Waals surface area (Å²) in [4.78, 5) is 0. The van der Waals surface area contributed by atoms with Crippen LogP contribution in [0.2, 0.25) is 0 Å². The molecular formula is C22H30Zr+2. The van der Waals surface area contributed by atoms with Crippen molar-refractivity contribution in [3.8, 4) is 0 Å². The van der Waals surface area contributed by atoms with E-state index in [4.69, 9.17) is 0 Å². The van der Waals surface area contributed by atoms with Gasteiger partial charge >= 0.3 is 26.2 Å². The third kappa shape index (κ3) is 17.5. The predicted molar refractivity (Wildman–Crippen MR) is 96.7 cm³/mol. The van der Waals surface area contributed by atoms with E-state index in [0.717, 1.165) is 0 Å². The predicted octanol–water partition coefficient (Wildman–Crippen LogP) is 6.87. The molecular weight excluding hydrogens is 355 g/mol. The van der Waals surface area contributed by atoms with Crippen LogP contribution in [0.15, 0.2) is 60.7 Å². The molecule has 0 aromatic heterocycles. The van der Waals surface area contributed by atoms with Crippen LogP contribution in [0.1, 0.15) is 64.2 Å². The van der Waals surface area contributed by atoms with Crippen molar-refractivity contribution in [2.75, 3.05) is 0 Å². The molecule has 2 fully saturated rings. The molecule has 2 aromatic rings. The van der Waals surface area contributed by atoms with E-state index in [0.29, 0.717) is 0 Å². The number of rotatable bonds is 0. The van der Waals surface area contributed by atoms with Crippen LogP contribution in [0.3, 0.4) is 0 Å². The Hall–Kier alpha value is -0.677. The third-order valence-electron chi connectivity index (χ3n) is 3.71. The Morgan fingerprint density at radius 2 is 0.565 bits per heavy atom. The largest absolute Gasteiger partial charge is 4.00 e. The van der Waals surface area contributed by atoms with Gasteiger partial charge in [0.25, 0.3) is 0 Å². The first kappa shape index (κ1) is 22.3. The first-order chi connectivity index (χ1) is 11.0. The van der Waals surface area contributed by atoms with Gasteiger partial charge < -0.3 is 0 Å². The Kier molecular flexibility index (Phi) is 18.8. The average molecular weight is 386 g/mol. The molecule has 0 atom stereocenters. The SMILES string of the molecule is C1CCCC1.C1CCCC1.[Zr+4].[c-]1ccccc1.[c-]1ccccc1. The van der Waals surface area contributed by atoms with Crippen LogP contribution in [0.5, 0.6) is 0 Å². The van der Waals surface area contributed by atoms with Crippen LogP contribution in [0.25, 0.3) is 0 Å². The van der Waals surface area contributed by atoms with Gasteiger partial charge in [-0.15, -0.1) is 0 Å². The van der Waals surface area contributed by atoms with Crippen molar-refractivity contribution < 1.29 is 26.2 Å². The Morgan fingerprint density at radius 1 is 0.348 bits per heavy atom. The van der Waals surface area contributed by atoms with Gasteiger partial charge in [-0.2, -0.15) is 72.8 Å². The first-order valence-electron chi connectivity index (χ1n) is 8.82. The van der Waals surface area contributed by atoms with Gasteiger partial charge in [0.05, 0.1) is 0 Å². The zero-order valence-electron chi connectivity index (χ0n) is 14.3. The molecule has 0 saturated heterocycles. The Labute approximate surface area is 162 Å². The molecule has 0 N–H and O–H groups in total. The van der Waals surface area contributed by atoms with Gasteiger partial charge in [0.1, 0.15) is 0 Å². The van der Waals surface area contributed by atoms with E-state index in [-0.39, 0.29) is 26.2 Å². The number of benzene rings is 2. The van der Waals surface area contributed by atoms with E-state index >= 15 is 0 Å². The van der Waals surface area contributed by atoms with Gasteiger partial charge in [-0.05, 0) is 0 Å². The topological polar surface area (TPSA) is 0 Å². The molecule has 0 amide bonds. The second kappa shape index (κ2) is 19.4. The maximum absolute atomic E-state index is 2.89. The van der Waals surface area contributed by atoms with Crippen LogP contribution < -0.4 is 0 Å². The smallest absolute Gasteiger partial charge is 0.184 e. The fourth-order valence-electron chi connectivity index (χ4n) is 2.45. The summed E-state index contributed by atoms with van der Waals surface area (Å²) in [6, 6.07) is 25.0. The molecule has 2 aliphatic rings. The van der Waals surface area contributed by atoms with Gasteiger partial charge in [-0.3, -0.25) is 0 Å². The van der Waals surface area contributed by atoms with Crippen LogP contribution in [0.4, 0.5) is 0 Å². The number of hydrogen-bond acceptors (Lipinski definition) is 0. The summed E-state index contributed by atoms with van der Waals surface area (Å²) in [6.45, 7) is 0. The van der Waals surface area contributed by atoms with Crippen molar-refractivity contribution in [3.63, 3.8) is 0 Å². The Balaban J connectivity index is 0.000000278. The second-order valence-corrected chi connectivity index (χ2v) is 5.69. The van der Waals surface area contributed by atoms with Crippen LogP contribution in [-0.4, -0.2) is 0 Å². The summed E-state index contributed by atoms with van der Waals surface area (Å²) in [5, 5.41) is 0. The van der Waals surface area contributed by atoms with E-state index in [1.807, 2.05) is 60.7 Å². The molecule has 23 heavy (non-hydrogen) atoms. The van der Waals surface area contributed by atoms with Crippen molar-refractivity contribution in [2.45, 2.75) is 64.2 Å². The molecule has 0 nitrogen and oxygen atoms in total. The summed E-state index contributed by atoms with van der Waals surface area (Å²) in [7, 11) is 0. The molecule has 2 saturated carbocycles. The summed E-state index contributed by atoms with van der Waals surface area (Å²) in [5.74, 6) is 0. The standard InChI is InChI=1S/2C6H5.2C5H10.Zr/c2*1-2-4-6-5-3-1;2*1-2-4-5-3-1;/h2*1-5H;2*1-5H2;/q2*-1;;;+4. The van der Waals surface area contributed by atoms with Crippen molar-refractivity contribution in [3.05, 3.63) is 72.8 Å². The molecule has 120 valence electrons. The van der Waals surface area contributed by atoms with E-state index in [1.54, 1.807) is 0 Å². The van der Waals surface area contributed by atoms with Crippen molar-refractivity contribution in [2.24, 2.45) is 0 Å². The van der Waals surface area contributed by atoms with E-state index in [1.165, 1.54) is 64.2 Å². The summed E-state index contributed by atoms with van der Waals surface area (Å²) in [6.07, 6.45) is 15.0. The zero-order chi connectivity index (χ0) is 15.6. The van der Waals surface area contributed by atoms with Crippen LogP contribution >= 0.6 is 0 Å². The third-order valence-corrected chi connectivity index (χ3v) is 3.71. The van der Waals surface area contributed by atoms with Crippen molar-refractivity contribution >= 4 is 0 Å². The van der Waals surface area contributed by atoms with Crippen LogP contribution in [0, 0.1) is 12.1 Å². The first-order valence-corrected chi connectivity index (χ1v) is 8.82. The van der Waals surface area contributed by atoms with E-state index in [9.17, 15) is 0 Å². The van der Waals surface area contributed by atoms with Gasteiger partial charge in [0.2, 0.25) is 0 Å². The second-order valence-electron chi connectivity index (χ2n) is 5.69. The summed E-state index contributed by atoms with van der Waals surface area (Å²) < 4.78 is 0. The molecule has 0 heterocycles. The quantitative estimate of drug-likeness (QED) is 0.434. The van der Waals surface area contributed by atoms with Crippen molar-refractivity contribution in [1.82, 2.24) is 0 Å². The molecule has 0 unspecified atom stereocenters. The maximum atomic E-state index is 2.89. The number of hydrogen-bond donors (Lipinski definition) is 0. The van der Waals surface area contributed by atoms with Gasteiger partial charge in [0, 0.05) is 0 Å². The Morgan fingerprint density at radius 3 is 0.652 bits per heavy atom. The Bertz CT molecular complexity index is 281. The minimum atomic E-state index is 0. The van der Waals surface area contributed by atoms with Gasteiger partial charge in [0.15, 0.2) is 0 Å². The average Bonchev–Trinajstić information content (AvgIpc) is 3.37. The molecule has 0 bridgehead atoms. The fourth-order valence-corrected chi connectivity index (χ4v) is 2.45. The van der Waals surface area contributed by atoms with E-state index < -0.39 is 0 Å².